The maximum Gasteiger partial charge on any atom is 0.190 e. The highest BCUT2D eigenvalue weighted by Gasteiger charge is 2.08. The van der Waals surface area contributed by atoms with Crippen molar-refractivity contribution in [1.82, 2.24) is 4.98 Å². The largest absolute Gasteiger partial charge is 0.331 e. The Kier molecular flexibility index (Phi) is 4.70. The lowest BCUT2D eigenvalue weighted by atomic mass is 10.3. The number of benzene rings is 2. The van der Waals surface area contributed by atoms with E-state index in [0.29, 0.717) is 31.0 Å². The van der Waals surface area contributed by atoms with Gasteiger partial charge in [0, 0.05) is 10.0 Å². The summed E-state index contributed by atoms with van der Waals surface area (Å²) in [5.41, 5.74) is 1.54. The van der Waals surface area contributed by atoms with Gasteiger partial charge < -0.3 is 10.6 Å². The molecule has 3 nitrogen and oxygen atoms in total. The minimum absolute atomic E-state index is 0.398. The summed E-state index contributed by atoms with van der Waals surface area (Å²) < 4.78 is 0.988. The van der Waals surface area contributed by atoms with E-state index in [1.807, 2.05) is 12.1 Å². The number of fused-ring (bicyclic) bond motifs is 1. The second kappa shape index (κ2) is 6.56. The maximum absolute atomic E-state index is 6.10. The van der Waals surface area contributed by atoms with Gasteiger partial charge >= 0.3 is 0 Å². The van der Waals surface area contributed by atoms with Crippen molar-refractivity contribution in [1.29, 1.82) is 0 Å². The van der Waals surface area contributed by atoms with Gasteiger partial charge in [-0.15, -0.1) is 0 Å². The van der Waals surface area contributed by atoms with Crippen LogP contribution in [0.4, 0.5) is 10.8 Å². The zero-order valence-electron chi connectivity index (χ0n) is 10.9. The van der Waals surface area contributed by atoms with E-state index in [9.17, 15) is 0 Å². The normalized spacial score (nSPS) is 10.7. The van der Waals surface area contributed by atoms with Gasteiger partial charge in [-0.05, 0) is 48.6 Å². The fourth-order valence-corrected chi connectivity index (χ4v) is 3.67. The molecule has 3 rings (SSSR count). The molecule has 0 aliphatic carbocycles. The number of hydrogen-bond donors (Lipinski definition) is 2. The lowest BCUT2D eigenvalue weighted by Gasteiger charge is -2.09. The third-order valence-corrected chi connectivity index (χ3v) is 4.67. The van der Waals surface area contributed by atoms with Gasteiger partial charge in [-0.3, -0.25) is 0 Å². The number of nitrogens with zero attached hydrogens (tertiary/aromatic N) is 1. The molecule has 2 N–H and O–H groups in total. The van der Waals surface area contributed by atoms with Gasteiger partial charge in [-0.25, -0.2) is 4.98 Å². The Balaban J connectivity index is 1.75. The van der Waals surface area contributed by atoms with Gasteiger partial charge in [0.25, 0.3) is 0 Å². The molecule has 0 spiro atoms. The molecule has 22 heavy (non-hydrogen) atoms. The summed E-state index contributed by atoms with van der Waals surface area (Å²) in [5.74, 6) is 0. The first-order valence-corrected chi connectivity index (χ1v) is 8.46. The fourth-order valence-electron chi connectivity index (χ4n) is 1.79. The minimum Gasteiger partial charge on any atom is -0.331 e. The standard InChI is InChI=1S/C14H8Cl3N3S2/c15-7-1-3-10(9(17)5-7)18-13(21)20-14-19-11-4-2-8(16)6-12(11)22-14/h1-6H,(H2,18,19,20,21). The molecule has 8 heteroatoms. The van der Waals surface area contributed by atoms with Gasteiger partial charge in [-0.1, -0.05) is 46.1 Å². The third kappa shape index (κ3) is 3.62. The van der Waals surface area contributed by atoms with Gasteiger partial charge in [0.05, 0.1) is 20.9 Å². The van der Waals surface area contributed by atoms with Crippen molar-refractivity contribution in [3.05, 3.63) is 51.5 Å². The quantitative estimate of drug-likeness (QED) is 0.523. The predicted octanol–water partition coefficient (Wildman–Crippen LogP) is 6.07. The molecule has 0 atom stereocenters. The Labute approximate surface area is 151 Å². The number of halogens is 3. The summed E-state index contributed by atoms with van der Waals surface area (Å²) in [6.45, 7) is 0. The van der Waals surface area contributed by atoms with E-state index in [-0.39, 0.29) is 0 Å². The van der Waals surface area contributed by atoms with Crippen molar-refractivity contribution >= 4 is 84.5 Å². The van der Waals surface area contributed by atoms with Crippen molar-refractivity contribution in [2.45, 2.75) is 0 Å². The third-order valence-electron chi connectivity index (χ3n) is 2.75. The molecule has 0 aliphatic heterocycles. The summed E-state index contributed by atoms with van der Waals surface area (Å²) in [5, 5.41) is 8.86. The molecule has 0 saturated carbocycles. The highest BCUT2D eigenvalue weighted by Crippen LogP contribution is 2.29. The average molecular weight is 389 g/mol. The molecule has 2 aromatic carbocycles. The zero-order chi connectivity index (χ0) is 15.7. The lowest BCUT2D eigenvalue weighted by molar-refractivity contribution is 1.47. The number of thiocarbonyl (C=S) groups is 1. The molecule has 0 radical (unpaired) electrons. The van der Waals surface area contributed by atoms with E-state index in [1.165, 1.54) is 11.3 Å². The van der Waals surface area contributed by atoms with E-state index >= 15 is 0 Å². The average Bonchev–Trinajstić information content (AvgIpc) is 2.83. The first-order valence-electron chi connectivity index (χ1n) is 6.10. The summed E-state index contributed by atoms with van der Waals surface area (Å²) in [7, 11) is 0. The van der Waals surface area contributed by atoms with E-state index in [1.54, 1.807) is 24.3 Å². The van der Waals surface area contributed by atoms with Crippen molar-refractivity contribution in [2.75, 3.05) is 10.6 Å². The van der Waals surface area contributed by atoms with Crippen LogP contribution in [0.2, 0.25) is 15.1 Å². The van der Waals surface area contributed by atoms with Crippen LogP contribution in [-0.4, -0.2) is 10.1 Å². The Morgan fingerprint density at radius 1 is 1.00 bits per heavy atom. The summed E-state index contributed by atoms with van der Waals surface area (Å²) in [6.07, 6.45) is 0. The summed E-state index contributed by atoms with van der Waals surface area (Å²) in [4.78, 5) is 4.44. The molecule has 0 unspecified atom stereocenters. The zero-order valence-corrected chi connectivity index (χ0v) is 14.8. The molecule has 0 fully saturated rings. The van der Waals surface area contributed by atoms with Crippen LogP contribution in [-0.2, 0) is 0 Å². The molecule has 0 aliphatic rings. The number of anilines is 2. The lowest BCUT2D eigenvalue weighted by Crippen LogP contribution is -2.19. The minimum atomic E-state index is 0.398. The molecule has 0 bridgehead atoms. The van der Waals surface area contributed by atoms with Crippen LogP contribution in [0, 0.1) is 0 Å². The molecular weight excluding hydrogens is 381 g/mol. The molecule has 1 heterocycles. The van der Waals surface area contributed by atoms with Gasteiger partial charge in [0.1, 0.15) is 0 Å². The second-order valence-corrected chi connectivity index (χ2v) is 7.05. The highest BCUT2D eigenvalue weighted by atomic mass is 35.5. The van der Waals surface area contributed by atoms with Crippen LogP contribution >= 0.6 is 58.4 Å². The monoisotopic (exact) mass is 387 g/mol. The van der Waals surface area contributed by atoms with E-state index in [4.69, 9.17) is 47.0 Å². The Morgan fingerprint density at radius 2 is 1.73 bits per heavy atom. The Bertz CT molecular complexity index is 864. The van der Waals surface area contributed by atoms with Crippen LogP contribution in [0.3, 0.4) is 0 Å². The number of hydrogen-bond acceptors (Lipinski definition) is 3. The van der Waals surface area contributed by atoms with Gasteiger partial charge in [0.15, 0.2) is 10.2 Å². The van der Waals surface area contributed by atoms with Crippen LogP contribution in [0.25, 0.3) is 10.2 Å². The van der Waals surface area contributed by atoms with E-state index < -0.39 is 0 Å². The number of thiazole rings is 1. The van der Waals surface area contributed by atoms with Crippen molar-refractivity contribution in [3.63, 3.8) is 0 Å². The summed E-state index contributed by atoms with van der Waals surface area (Å²) >= 11 is 24.7. The number of rotatable bonds is 2. The Hall–Kier alpha value is -1.11. The maximum atomic E-state index is 6.10. The van der Waals surface area contributed by atoms with Crippen LogP contribution in [0.5, 0.6) is 0 Å². The van der Waals surface area contributed by atoms with Gasteiger partial charge in [0.2, 0.25) is 0 Å². The number of aromatic nitrogens is 1. The highest BCUT2D eigenvalue weighted by molar-refractivity contribution is 7.80. The first-order chi connectivity index (χ1) is 10.5. The molecule has 3 aromatic rings. The number of nitrogens with one attached hydrogen (secondary N) is 2. The first kappa shape index (κ1) is 15.8. The molecule has 1 aromatic heterocycles. The van der Waals surface area contributed by atoms with Crippen LogP contribution in [0.1, 0.15) is 0 Å². The van der Waals surface area contributed by atoms with E-state index in [2.05, 4.69) is 15.6 Å². The second-order valence-electron chi connectivity index (χ2n) is 4.33. The van der Waals surface area contributed by atoms with Crippen molar-refractivity contribution in [3.8, 4) is 0 Å². The predicted molar refractivity (Wildman–Crippen MR) is 101 cm³/mol. The van der Waals surface area contributed by atoms with Crippen molar-refractivity contribution < 1.29 is 0 Å². The molecule has 112 valence electrons. The topological polar surface area (TPSA) is 37.0 Å². The van der Waals surface area contributed by atoms with E-state index in [0.717, 1.165) is 10.2 Å². The smallest absolute Gasteiger partial charge is 0.190 e. The molecule has 0 saturated heterocycles. The van der Waals surface area contributed by atoms with Gasteiger partial charge in [-0.2, -0.15) is 0 Å². The Morgan fingerprint density at radius 3 is 2.50 bits per heavy atom. The SMILES string of the molecule is S=C(Nc1nc2ccc(Cl)cc2s1)Nc1ccc(Cl)cc1Cl. The van der Waals surface area contributed by atoms with Crippen LogP contribution in [0.15, 0.2) is 36.4 Å². The molecular formula is C14H8Cl3N3S2. The fraction of sp³-hybridized carbons (Fsp3) is 0. The molecule has 0 amide bonds. The van der Waals surface area contributed by atoms with Crippen LogP contribution < -0.4 is 10.6 Å². The van der Waals surface area contributed by atoms with Crippen molar-refractivity contribution in [2.24, 2.45) is 0 Å². The summed E-state index contributed by atoms with van der Waals surface area (Å²) in [6, 6.07) is 10.7.